The summed E-state index contributed by atoms with van der Waals surface area (Å²) in [6, 6.07) is 7.62. The summed E-state index contributed by atoms with van der Waals surface area (Å²) in [6.45, 7) is 0.446. The molecule has 0 bridgehead atoms. The van der Waals surface area contributed by atoms with Gasteiger partial charge in [0.15, 0.2) is 0 Å². The normalized spacial score (nSPS) is 23.2. The standard InChI is InChI=1S/C14H19NO3/c15-12-6-3-7-13(12)18-9-11-5-2-1-4-10(11)8-14(16)17/h1-2,4-5,12-13H,3,6-9,15H2,(H,16,17). The molecule has 98 valence electrons. The first kappa shape index (κ1) is 13.1. The van der Waals surface area contributed by atoms with Gasteiger partial charge in [-0.15, -0.1) is 0 Å². The summed E-state index contributed by atoms with van der Waals surface area (Å²) in [5, 5.41) is 8.85. The van der Waals surface area contributed by atoms with Crippen LogP contribution in [0.1, 0.15) is 30.4 Å². The number of carbonyl (C=O) groups is 1. The first-order chi connectivity index (χ1) is 8.66. The van der Waals surface area contributed by atoms with Crippen molar-refractivity contribution < 1.29 is 14.6 Å². The number of rotatable bonds is 5. The summed E-state index contributed by atoms with van der Waals surface area (Å²) in [4.78, 5) is 10.8. The van der Waals surface area contributed by atoms with Crippen molar-refractivity contribution in [2.75, 3.05) is 0 Å². The van der Waals surface area contributed by atoms with Crippen LogP contribution in [0.3, 0.4) is 0 Å². The Bertz CT molecular complexity index is 419. The molecule has 0 aliphatic heterocycles. The number of benzene rings is 1. The number of hydrogen-bond acceptors (Lipinski definition) is 3. The van der Waals surface area contributed by atoms with E-state index in [1.165, 1.54) is 0 Å². The molecule has 0 radical (unpaired) electrons. The smallest absolute Gasteiger partial charge is 0.307 e. The van der Waals surface area contributed by atoms with E-state index >= 15 is 0 Å². The third-order valence-corrected chi connectivity index (χ3v) is 3.42. The SMILES string of the molecule is NC1CCCC1OCc1ccccc1CC(=O)O. The zero-order valence-corrected chi connectivity index (χ0v) is 10.3. The second-order valence-corrected chi connectivity index (χ2v) is 4.78. The number of hydrogen-bond donors (Lipinski definition) is 2. The summed E-state index contributed by atoms with van der Waals surface area (Å²) in [6.07, 6.45) is 3.28. The van der Waals surface area contributed by atoms with Gasteiger partial charge in [-0.3, -0.25) is 4.79 Å². The Balaban J connectivity index is 1.97. The molecule has 4 heteroatoms. The number of ether oxygens (including phenoxy) is 1. The Labute approximate surface area is 107 Å². The van der Waals surface area contributed by atoms with Gasteiger partial charge in [0, 0.05) is 6.04 Å². The molecule has 1 fully saturated rings. The van der Waals surface area contributed by atoms with Gasteiger partial charge in [0.25, 0.3) is 0 Å². The van der Waals surface area contributed by atoms with Gasteiger partial charge in [0.05, 0.1) is 19.1 Å². The molecule has 4 nitrogen and oxygen atoms in total. The van der Waals surface area contributed by atoms with Crippen molar-refractivity contribution in [1.82, 2.24) is 0 Å². The molecule has 2 atom stereocenters. The van der Waals surface area contributed by atoms with Crippen molar-refractivity contribution in [3.63, 3.8) is 0 Å². The van der Waals surface area contributed by atoms with Gasteiger partial charge < -0.3 is 15.6 Å². The monoisotopic (exact) mass is 249 g/mol. The van der Waals surface area contributed by atoms with Crippen molar-refractivity contribution in [1.29, 1.82) is 0 Å². The molecule has 1 aromatic carbocycles. The maximum Gasteiger partial charge on any atom is 0.307 e. The van der Waals surface area contributed by atoms with Gasteiger partial charge in [-0.1, -0.05) is 24.3 Å². The van der Waals surface area contributed by atoms with Gasteiger partial charge in [0.2, 0.25) is 0 Å². The minimum Gasteiger partial charge on any atom is -0.481 e. The van der Waals surface area contributed by atoms with Crippen LogP contribution in [-0.2, 0) is 22.6 Å². The van der Waals surface area contributed by atoms with Gasteiger partial charge in [-0.25, -0.2) is 0 Å². The maximum atomic E-state index is 10.8. The average Bonchev–Trinajstić information content (AvgIpc) is 2.73. The number of aliphatic carboxylic acids is 1. The lowest BCUT2D eigenvalue weighted by atomic mass is 10.1. The van der Waals surface area contributed by atoms with Crippen molar-refractivity contribution >= 4 is 5.97 Å². The Kier molecular flexibility index (Phi) is 4.33. The highest BCUT2D eigenvalue weighted by atomic mass is 16.5. The van der Waals surface area contributed by atoms with Gasteiger partial charge in [-0.2, -0.15) is 0 Å². The number of nitrogens with two attached hydrogens (primary N) is 1. The van der Waals surface area contributed by atoms with Crippen molar-refractivity contribution in [2.45, 2.75) is 44.4 Å². The topological polar surface area (TPSA) is 72.5 Å². The highest BCUT2D eigenvalue weighted by Gasteiger charge is 2.24. The van der Waals surface area contributed by atoms with Gasteiger partial charge >= 0.3 is 5.97 Å². The summed E-state index contributed by atoms with van der Waals surface area (Å²) in [7, 11) is 0. The Morgan fingerprint density at radius 2 is 2.06 bits per heavy atom. The Morgan fingerprint density at radius 1 is 1.33 bits per heavy atom. The molecule has 18 heavy (non-hydrogen) atoms. The first-order valence-corrected chi connectivity index (χ1v) is 6.32. The zero-order chi connectivity index (χ0) is 13.0. The van der Waals surface area contributed by atoms with E-state index in [2.05, 4.69) is 0 Å². The molecular weight excluding hydrogens is 230 g/mol. The first-order valence-electron chi connectivity index (χ1n) is 6.32. The lowest BCUT2D eigenvalue weighted by Crippen LogP contribution is -2.31. The molecule has 3 N–H and O–H groups in total. The fourth-order valence-corrected chi connectivity index (χ4v) is 2.39. The summed E-state index contributed by atoms with van der Waals surface area (Å²) in [5.41, 5.74) is 7.70. The fraction of sp³-hybridized carbons (Fsp3) is 0.500. The van der Waals surface area contributed by atoms with E-state index in [0.29, 0.717) is 6.61 Å². The summed E-state index contributed by atoms with van der Waals surface area (Å²) < 4.78 is 5.81. The van der Waals surface area contributed by atoms with E-state index < -0.39 is 5.97 Å². The van der Waals surface area contributed by atoms with E-state index in [9.17, 15) is 4.79 Å². The molecule has 1 aliphatic rings. The molecule has 0 saturated heterocycles. The average molecular weight is 249 g/mol. The molecular formula is C14H19NO3. The Hall–Kier alpha value is -1.39. The van der Waals surface area contributed by atoms with Crippen LogP contribution in [-0.4, -0.2) is 23.2 Å². The fourth-order valence-electron chi connectivity index (χ4n) is 2.39. The van der Waals surface area contributed by atoms with Crippen LogP contribution in [0.4, 0.5) is 0 Å². The number of carboxylic acid groups (broad SMARTS) is 1. The summed E-state index contributed by atoms with van der Waals surface area (Å²) in [5.74, 6) is -0.819. The maximum absolute atomic E-state index is 10.8. The van der Waals surface area contributed by atoms with E-state index in [4.69, 9.17) is 15.6 Å². The van der Waals surface area contributed by atoms with Crippen LogP contribution in [0.5, 0.6) is 0 Å². The Morgan fingerprint density at radius 3 is 2.67 bits per heavy atom. The molecule has 2 unspecified atom stereocenters. The molecule has 1 saturated carbocycles. The molecule has 0 heterocycles. The second-order valence-electron chi connectivity index (χ2n) is 4.78. The third-order valence-electron chi connectivity index (χ3n) is 3.42. The predicted octanol–water partition coefficient (Wildman–Crippen LogP) is 1.71. The molecule has 0 amide bonds. The highest BCUT2D eigenvalue weighted by molar-refractivity contribution is 5.70. The van der Waals surface area contributed by atoms with Crippen LogP contribution in [0.2, 0.25) is 0 Å². The highest BCUT2D eigenvalue weighted by Crippen LogP contribution is 2.22. The van der Waals surface area contributed by atoms with Crippen molar-refractivity contribution in [2.24, 2.45) is 5.73 Å². The van der Waals surface area contributed by atoms with Gasteiger partial charge in [-0.05, 0) is 30.4 Å². The van der Waals surface area contributed by atoms with E-state index in [1.54, 1.807) is 0 Å². The molecule has 0 aromatic heterocycles. The van der Waals surface area contributed by atoms with Crippen molar-refractivity contribution in [3.05, 3.63) is 35.4 Å². The summed E-state index contributed by atoms with van der Waals surface area (Å²) >= 11 is 0. The quantitative estimate of drug-likeness (QED) is 0.833. The molecule has 0 spiro atoms. The van der Waals surface area contributed by atoms with Crippen LogP contribution in [0.15, 0.2) is 24.3 Å². The lowest BCUT2D eigenvalue weighted by Gasteiger charge is -2.17. The zero-order valence-electron chi connectivity index (χ0n) is 10.3. The van der Waals surface area contributed by atoms with Crippen LogP contribution in [0.25, 0.3) is 0 Å². The van der Waals surface area contributed by atoms with E-state index in [0.717, 1.165) is 30.4 Å². The predicted molar refractivity (Wildman–Crippen MR) is 68.2 cm³/mol. The largest absolute Gasteiger partial charge is 0.481 e. The minimum absolute atomic E-state index is 0.0379. The molecule has 2 rings (SSSR count). The third kappa shape index (κ3) is 3.31. The van der Waals surface area contributed by atoms with Gasteiger partial charge in [0.1, 0.15) is 0 Å². The lowest BCUT2D eigenvalue weighted by molar-refractivity contribution is -0.136. The molecule has 1 aliphatic carbocycles. The minimum atomic E-state index is -0.819. The molecule has 1 aromatic rings. The van der Waals surface area contributed by atoms with Crippen LogP contribution in [0, 0.1) is 0 Å². The van der Waals surface area contributed by atoms with Crippen LogP contribution >= 0.6 is 0 Å². The van der Waals surface area contributed by atoms with Crippen molar-refractivity contribution in [3.8, 4) is 0 Å². The van der Waals surface area contributed by atoms with Crippen LogP contribution < -0.4 is 5.73 Å². The number of carboxylic acids is 1. The van der Waals surface area contributed by atoms with E-state index in [1.807, 2.05) is 24.3 Å². The van der Waals surface area contributed by atoms with E-state index in [-0.39, 0.29) is 18.6 Å². The second kappa shape index (κ2) is 5.98.